The highest BCUT2D eigenvalue weighted by atomic mass is 32.2. The van der Waals surface area contributed by atoms with Crippen LogP contribution in [0.1, 0.15) is 73.5 Å². The van der Waals surface area contributed by atoms with Gasteiger partial charge in [-0.05, 0) is 93.5 Å². The second kappa shape index (κ2) is 12.3. The summed E-state index contributed by atoms with van der Waals surface area (Å²) in [6.07, 6.45) is 4.22. The SMILES string of the molecule is Cc1cccc(C)c1-c1nc2nc(c1C)OC[C@@H](CC(C)C)N(CCC1CC(C)C1)C(=O)c1cccc(c1)S(=O)N2. The molecule has 1 aliphatic carbocycles. The molecule has 2 aliphatic rings. The maximum absolute atomic E-state index is 14.1. The third kappa shape index (κ3) is 6.48. The lowest BCUT2D eigenvalue weighted by Crippen LogP contribution is -2.46. The molecule has 1 saturated carbocycles. The first-order chi connectivity index (χ1) is 19.6. The molecule has 2 heterocycles. The van der Waals surface area contributed by atoms with Crippen LogP contribution in [0.5, 0.6) is 5.88 Å². The topological polar surface area (TPSA) is 84.4 Å². The Morgan fingerprint density at radius 1 is 1.07 bits per heavy atom. The molecule has 8 heteroatoms. The average molecular weight is 575 g/mol. The summed E-state index contributed by atoms with van der Waals surface area (Å²) in [7, 11) is -1.67. The van der Waals surface area contributed by atoms with E-state index < -0.39 is 11.0 Å². The molecule has 1 N–H and O–H groups in total. The fourth-order valence-corrected chi connectivity index (χ4v) is 7.06. The van der Waals surface area contributed by atoms with Crippen LogP contribution < -0.4 is 9.46 Å². The maximum atomic E-state index is 14.1. The summed E-state index contributed by atoms with van der Waals surface area (Å²) in [6, 6.07) is 13.1. The van der Waals surface area contributed by atoms with Gasteiger partial charge in [0.2, 0.25) is 11.8 Å². The van der Waals surface area contributed by atoms with Gasteiger partial charge in [0, 0.05) is 23.2 Å². The average Bonchev–Trinajstić information content (AvgIpc) is 2.91. The van der Waals surface area contributed by atoms with Crippen molar-refractivity contribution < 1.29 is 13.7 Å². The quantitative estimate of drug-likeness (QED) is 0.347. The summed E-state index contributed by atoms with van der Waals surface area (Å²) in [5.74, 6) is 2.41. The van der Waals surface area contributed by atoms with E-state index in [4.69, 9.17) is 14.7 Å². The molecule has 1 fully saturated rings. The highest BCUT2D eigenvalue weighted by Gasteiger charge is 2.31. The van der Waals surface area contributed by atoms with E-state index >= 15 is 0 Å². The van der Waals surface area contributed by atoms with E-state index in [1.165, 1.54) is 12.8 Å². The van der Waals surface area contributed by atoms with Gasteiger partial charge in [0.15, 0.2) is 11.0 Å². The number of nitrogens with one attached hydrogen (secondary N) is 1. The van der Waals surface area contributed by atoms with Gasteiger partial charge in [-0.15, -0.1) is 0 Å². The van der Waals surface area contributed by atoms with E-state index in [-0.39, 0.29) is 17.9 Å². The van der Waals surface area contributed by atoms with Gasteiger partial charge < -0.3 is 9.64 Å². The summed E-state index contributed by atoms with van der Waals surface area (Å²) in [6.45, 7) is 13.7. The molecule has 1 amide bonds. The van der Waals surface area contributed by atoms with Crippen LogP contribution in [0.4, 0.5) is 5.95 Å². The number of amides is 1. The summed E-state index contributed by atoms with van der Waals surface area (Å²) in [5, 5.41) is 0. The molecule has 41 heavy (non-hydrogen) atoms. The van der Waals surface area contributed by atoms with Crippen LogP contribution in [0.3, 0.4) is 0 Å². The number of aromatic nitrogens is 2. The molecule has 0 saturated heterocycles. The van der Waals surface area contributed by atoms with E-state index in [1.807, 2.05) is 24.0 Å². The third-order valence-electron chi connectivity index (χ3n) is 8.41. The monoisotopic (exact) mass is 574 g/mol. The van der Waals surface area contributed by atoms with Gasteiger partial charge in [0.25, 0.3) is 5.91 Å². The molecule has 1 aliphatic heterocycles. The van der Waals surface area contributed by atoms with E-state index in [9.17, 15) is 9.00 Å². The molecule has 0 spiro atoms. The molecule has 2 aromatic carbocycles. The molecule has 2 atom stereocenters. The molecule has 218 valence electrons. The molecular formula is C33H42N4O3S. The molecule has 3 aromatic rings. The zero-order valence-corrected chi connectivity index (χ0v) is 25.9. The number of hydrogen-bond acceptors (Lipinski definition) is 5. The normalized spacial score (nSPS) is 22.6. The zero-order valence-electron chi connectivity index (χ0n) is 25.1. The maximum Gasteiger partial charge on any atom is 0.254 e. The second-order valence-corrected chi connectivity index (χ2v) is 13.5. The van der Waals surface area contributed by atoms with Gasteiger partial charge in [-0.3, -0.25) is 9.52 Å². The van der Waals surface area contributed by atoms with Crippen molar-refractivity contribution in [3.05, 3.63) is 64.7 Å². The zero-order chi connectivity index (χ0) is 29.3. The van der Waals surface area contributed by atoms with Crippen molar-refractivity contribution in [3.8, 4) is 17.1 Å². The Morgan fingerprint density at radius 3 is 2.46 bits per heavy atom. The van der Waals surface area contributed by atoms with E-state index in [0.717, 1.165) is 46.7 Å². The Labute approximate surface area is 246 Å². The number of fused-ring (bicyclic) bond motifs is 4. The van der Waals surface area contributed by atoms with E-state index in [1.54, 1.807) is 18.2 Å². The first-order valence-corrected chi connectivity index (χ1v) is 15.9. The Balaban J connectivity index is 1.60. The highest BCUT2D eigenvalue weighted by Crippen LogP contribution is 2.37. The van der Waals surface area contributed by atoms with Crippen LogP contribution in [0, 0.1) is 38.5 Å². The number of carbonyl (C=O) groups excluding carboxylic acids is 1. The minimum atomic E-state index is -1.67. The number of ether oxygens (including phenoxy) is 1. The Hall–Kier alpha value is -3.26. The summed E-state index contributed by atoms with van der Waals surface area (Å²) in [5.41, 5.74) is 5.31. The van der Waals surface area contributed by atoms with Gasteiger partial charge in [0.05, 0.1) is 16.6 Å². The van der Waals surface area contributed by atoms with Crippen LogP contribution in [0.25, 0.3) is 11.3 Å². The number of rotatable bonds is 6. The van der Waals surface area contributed by atoms with Gasteiger partial charge in [-0.2, -0.15) is 4.98 Å². The number of anilines is 1. The fraction of sp³-hybridized carbons (Fsp3) is 0.485. The minimum absolute atomic E-state index is 0.0459. The van der Waals surface area contributed by atoms with Crippen LogP contribution in [0.2, 0.25) is 0 Å². The Morgan fingerprint density at radius 2 is 1.78 bits per heavy atom. The largest absolute Gasteiger partial charge is 0.475 e. The van der Waals surface area contributed by atoms with E-state index in [0.29, 0.717) is 41.3 Å². The predicted octanol–water partition coefficient (Wildman–Crippen LogP) is 6.89. The van der Waals surface area contributed by atoms with Gasteiger partial charge in [-0.1, -0.05) is 45.0 Å². The number of carbonyl (C=O) groups is 1. The lowest BCUT2D eigenvalue weighted by molar-refractivity contribution is 0.0529. The lowest BCUT2D eigenvalue weighted by atomic mass is 9.74. The number of aryl methyl sites for hydroxylation is 2. The lowest BCUT2D eigenvalue weighted by Gasteiger charge is -2.37. The van der Waals surface area contributed by atoms with Crippen LogP contribution in [-0.4, -0.2) is 44.2 Å². The summed E-state index contributed by atoms with van der Waals surface area (Å²) >= 11 is 0. The molecule has 4 bridgehead atoms. The Kier molecular flexibility index (Phi) is 8.78. The van der Waals surface area contributed by atoms with Crippen molar-refractivity contribution >= 4 is 22.8 Å². The third-order valence-corrected chi connectivity index (χ3v) is 9.46. The van der Waals surface area contributed by atoms with Crippen molar-refractivity contribution in [2.45, 2.75) is 78.2 Å². The molecule has 1 aromatic heterocycles. The van der Waals surface area contributed by atoms with Gasteiger partial charge in [-0.25, -0.2) is 9.19 Å². The van der Waals surface area contributed by atoms with Gasteiger partial charge >= 0.3 is 0 Å². The van der Waals surface area contributed by atoms with Crippen molar-refractivity contribution in [2.24, 2.45) is 17.8 Å². The highest BCUT2D eigenvalue weighted by molar-refractivity contribution is 7.86. The minimum Gasteiger partial charge on any atom is -0.475 e. The van der Waals surface area contributed by atoms with Crippen LogP contribution in [0.15, 0.2) is 47.4 Å². The van der Waals surface area contributed by atoms with E-state index in [2.05, 4.69) is 51.5 Å². The molecule has 0 radical (unpaired) electrons. The van der Waals surface area contributed by atoms with Crippen molar-refractivity contribution in [1.29, 1.82) is 0 Å². The Bertz CT molecular complexity index is 1430. The van der Waals surface area contributed by atoms with Gasteiger partial charge in [0.1, 0.15) is 6.61 Å². The molecule has 1 unspecified atom stereocenters. The first-order valence-electron chi connectivity index (χ1n) is 14.8. The first kappa shape index (κ1) is 29.2. The fourth-order valence-electron chi connectivity index (χ4n) is 6.25. The standard InChI is InChI=1S/C33H42N4O3S/c1-20(2)15-27-19-40-31-24(6)30(29-22(4)9-7-10-23(29)5)34-33(35-31)36-41(39)28-12-8-11-26(18-28)32(38)37(27)14-13-25-16-21(3)17-25/h7-12,18,20-21,25,27H,13-17,19H2,1-6H3,(H,34,35,36)/t21?,25?,27-,41?/m1/s1. The van der Waals surface area contributed by atoms with Crippen LogP contribution >= 0.6 is 0 Å². The van der Waals surface area contributed by atoms with Crippen molar-refractivity contribution in [2.75, 3.05) is 17.9 Å². The number of hydrogen-bond donors (Lipinski definition) is 1. The van der Waals surface area contributed by atoms with Crippen molar-refractivity contribution in [3.63, 3.8) is 0 Å². The number of benzene rings is 2. The van der Waals surface area contributed by atoms with Crippen LogP contribution in [-0.2, 0) is 11.0 Å². The van der Waals surface area contributed by atoms with Crippen molar-refractivity contribution in [1.82, 2.24) is 14.9 Å². The summed E-state index contributed by atoms with van der Waals surface area (Å²) < 4.78 is 23.0. The summed E-state index contributed by atoms with van der Waals surface area (Å²) in [4.78, 5) is 26.1. The smallest absolute Gasteiger partial charge is 0.254 e. The molecule has 7 nitrogen and oxygen atoms in total. The molecular weight excluding hydrogens is 532 g/mol. The second-order valence-electron chi connectivity index (χ2n) is 12.3. The molecule has 5 rings (SSSR count). The predicted molar refractivity (Wildman–Crippen MR) is 164 cm³/mol. The number of nitrogens with zero attached hydrogens (tertiary/aromatic N) is 3.